The van der Waals surface area contributed by atoms with Gasteiger partial charge >= 0.3 is 11.8 Å². The summed E-state index contributed by atoms with van der Waals surface area (Å²) in [5.74, 6) is -0.193. The highest BCUT2D eigenvalue weighted by Gasteiger charge is 2.15. The van der Waals surface area contributed by atoms with E-state index < -0.39 is 11.8 Å². The molecule has 1 aromatic carbocycles. The lowest BCUT2D eigenvalue weighted by Gasteiger charge is -2.09. The van der Waals surface area contributed by atoms with Gasteiger partial charge in [0.1, 0.15) is 11.5 Å². The van der Waals surface area contributed by atoms with Crippen LogP contribution in [0.25, 0.3) is 0 Å². The van der Waals surface area contributed by atoms with Crippen LogP contribution in [0.3, 0.4) is 0 Å². The van der Waals surface area contributed by atoms with Gasteiger partial charge in [0.05, 0.1) is 19.1 Å². The van der Waals surface area contributed by atoms with Crippen LogP contribution < -0.4 is 15.4 Å². The Kier molecular flexibility index (Phi) is 4.98. The monoisotopic (exact) mass is 288 g/mol. The van der Waals surface area contributed by atoms with Crippen LogP contribution in [0, 0.1) is 0 Å². The third-order valence-corrected chi connectivity index (χ3v) is 2.80. The third-order valence-electron chi connectivity index (χ3n) is 2.80. The molecule has 0 saturated heterocycles. The van der Waals surface area contributed by atoms with E-state index in [0.29, 0.717) is 24.4 Å². The molecule has 0 radical (unpaired) electrons. The molecule has 0 aliphatic heterocycles. The molecule has 0 unspecified atom stereocenters. The average molecular weight is 288 g/mol. The molecule has 2 rings (SSSR count). The first-order valence-corrected chi connectivity index (χ1v) is 6.45. The number of anilines is 1. The fourth-order valence-corrected chi connectivity index (χ4v) is 1.76. The Morgan fingerprint density at radius 1 is 1.14 bits per heavy atom. The first kappa shape index (κ1) is 14.6. The van der Waals surface area contributed by atoms with Crippen molar-refractivity contribution < 1.29 is 18.7 Å². The lowest BCUT2D eigenvalue weighted by molar-refractivity contribution is -0.136. The summed E-state index contributed by atoms with van der Waals surface area (Å²) in [6.07, 6.45) is 2.09. The predicted octanol–water partition coefficient (Wildman–Crippen LogP) is 1.59. The summed E-state index contributed by atoms with van der Waals surface area (Å²) in [5.41, 5.74) is 0.450. The summed E-state index contributed by atoms with van der Waals surface area (Å²) in [6, 6.07) is 10.5. The van der Waals surface area contributed by atoms with Gasteiger partial charge in [0.25, 0.3) is 0 Å². The van der Waals surface area contributed by atoms with Gasteiger partial charge in [0.15, 0.2) is 0 Å². The second kappa shape index (κ2) is 7.14. The second-order valence-corrected chi connectivity index (χ2v) is 4.24. The van der Waals surface area contributed by atoms with E-state index in [1.54, 1.807) is 42.7 Å². The predicted molar refractivity (Wildman–Crippen MR) is 77.0 cm³/mol. The van der Waals surface area contributed by atoms with Crippen LogP contribution in [0.15, 0.2) is 47.1 Å². The number of hydrogen-bond acceptors (Lipinski definition) is 4. The van der Waals surface area contributed by atoms with E-state index in [2.05, 4.69) is 10.6 Å². The number of methoxy groups -OCH3 is 1. The Hall–Kier alpha value is -2.76. The van der Waals surface area contributed by atoms with E-state index in [-0.39, 0.29) is 0 Å². The smallest absolute Gasteiger partial charge is 0.313 e. The fourth-order valence-electron chi connectivity index (χ4n) is 1.76. The minimum atomic E-state index is -0.737. The number of ether oxygens (including phenoxy) is 1. The van der Waals surface area contributed by atoms with E-state index in [0.717, 1.165) is 5.76 Å². The maximum Gasteiger partial charge on any atom is 0.313 e. The van der Waals surface area contributed by atoms with Crippen LogP contribution in [0.2, 0.25) is 0 Å². The number of amides is 2. The number of nitrogens with one attached hydrogen (secondary N) is 2. The van der Waals surface area contributed by atoms with Crippen LogP contribution >= 0.6 is 0 Å². The van der Waals surface area contributed by atoms with Crippen molar-refractivity contribution in [3.05, 3.63) is 48.4 Å². The molecule has 2 aromatic rings. The first-order chi connectivity index (χ1) is 10.2. The lowest BCUT2D eigenvalue weighted by Crippen LogP contribution is -2.36. The Balaban J connectivity index is 1.83. The van der Waals surface area contributed by atoms with Crippen molar-refractivity contribution in [1.29, 1.82) is 0 Å². The molecule has 2 amide bonds. The van der Waals surface area contributed by atoms with Crippen molar-refractivity contribution in [2.45, 2.75) is 6.42 Å². The van der Waals surface area contributed by atoms with Gasteiger partial charge in [-0.2, -0.15) is 0 Å². The molecular weight excluding hydrogens is 272 g/mol. The van der Waals surface area contributed by atoms with Gasteiger partial charge in [-0.1, -0.05) is 12.1 Å². The number of furan rings is 1. The van der Waals surface area contributed by atoms with E-state index in [1.807, 2.05) is 0 Å². The molecule has 1 aromatic heterocycles. The number of hydrogen-bond donors (Lipinski definition) is 2. The van der Waals surface area contributed by atoms with Crippen LogP contribution in [0.5, 0.6) is 5.75 Å². The van der Waals surface area contributed by atoms with Crippen molar-refractivity contribution >= 4 is 17.5 Å². The van der Waals surface area contributed by atoms with Gasteiger partial charge in [-0.3, -0.25) is 9.59 Å². The van der Waals surface area contributed by atoms with Gasteiger partial charge in [-0.05, 0) is 24.3 Å². The van der Waals surface area contributed by atoms with Gasteiger partial charge in [0, 0.05) is 13.0 Å². The lowest BCUT2D eigenvalue weighted by atomic mass is 10.3. The van der Waals surface area contributed by atoms with Gasteiger partial charge < -0.3 is 19.8 Å². The SMILES string of the molecule is COc1ccccc1NC(=O)C(=O)NCCc1ccco1. The normalized spacial score (nSPS) is 9.95. The zero-order chi connectivity index (χ0) is 15.1. The minimum Gasteiger partial charge on any atom is -0.495 e. The molecular formula is C15H16N2O4. The molecule has 0 aliphatic carbocycles. The zero-order valence-electron chi connectivity index (χ0n) is 11.6. The number of para-hydroxylation sites is 2. The molecule has 0 bridgehead atoms. The molecule has 0 fully saturated rings. The van der Waals surface area contributed by atoms with Crippen LogP contribution in [-0.2, 0) is 16.0 Å². The largest absolute Gasteiger partial charge is 0.495 e. The summed E-state index contributed by atoms with van der Waals surface area (Å²) < 4.78 is 10.2. The quantitative estimate of drug-likeness (QED) is 0.819. The molecule has 2 N–H and O–H groups in total. The van der Waals surface area contributed by atoms with E-state index >= 15 is 0 Å². The fraction of sp³-hybridized carbons (Fsp3) is 0.200. The van der Waals surface area contributed by atoms with Gasteiger partial charge in [-0.25, -0.2) is 0 Å². The standard InChI is InChI=1S/C15H16N2O4/c1-20-13-7-3-2-6-12(13)17-15(19)14(18)16-9-8-11-5-4-10-21-11/h2-7,10H,8-9H2,1H3,(H,16,18)(H,17,19). The Labute approximate surface area is 122 Å². The molecule has 6 heteroatoms. The Morgan fingerprint density at radius 3 is 2.67 bits per heavy atom. The molecule has 0 aliphatic rings. The molecule has 110 valence electrons. The van der Waals surface area contributed by atoms with Crippen molar-refractivity contribution in [3.63, 3.8) is 0 Å². The topological polar surface area (TPSA) is 80.6 Å². The van der Waals surface area contributed by atoms with Gasteiger partial charge in [0.2, 0.25) is 0 Å². The maximum absolute atomic E-state index is 11.8. The second-order valence-electron chi connectivity index (χ2n) is 4.24. The number of carbonyl (C=O) groups excluding carboxylic acids is 2. The highest BCUT2D eigenvalue weighted by atomic mass is 16.5. The van der Waals surface area contributed by atoms with Crippen LogP contribution in [0.1, 0.15) is 5.76 Å². The summed E-state index contributed by atoms with van der Waals surface area (Å²) in [6.45, 7) is 0.325. The molecule has 0 atom stereocenters. The molecule has 21 heavy (non-hydrogen) atoms. The molecule has 0 spiro atoms. The van der Waals surface area contributed by atoms with E-state index in [1.165, 1.54) is 7.11 Å². The van der Waals surface area contributed by atoms with Crippen LogP contribution in [-0.4, -0.2) is 25.5 Å². The Morgan fingerprint density at radius 2 is 1.95 bits per heavy atom. The molecule has 6 nitrogen and oxygen atoms in total. The van der Waals surface area contributed by atoms with E-state index in [9.17, 15) is 9.59 Å². The van der Waals surface area contributed by atoms with Gasteiger partial charge in [-0.15, -0.1) is 0 Å². The van der Waals surface area contributed by atoms with Crippen molar-refractivity contribution in [1.82, 2.24) is 5.32 Å². The summed E-state index contributed by atoms with van der Waals surface area (Å²) in [5, 5.41) is 5.03. The van der Waals surface area contributed by atoms with E-state index in [4.69, 9.17) is 9.15 Å². The maximum atomic E-state index is 11.8. The average Bonchev–Trinajstić information content (AvgIpc) is 3.01. The molecule has 0 saturated carbocycles. The highest BCUT2D eigenvalue weighted by molar-refractivity contribution is 6.39. The third kappa shape index (κ3) is 4.10. The summed E-state index contributed by atoms with van der Waals surface area (Å²) >= 11 is 0. The first-order valence-electron chi connectivity index (χ1n) is 6.45. The summed E-state index contributed by atoms with van der Waals surface area (Å²) in [4.78, 5) is 23.5. The minimum absolute atomic E-state index is 0.325. The number of carbonyl (C=O) groups is 2. The zero-order valence-corrected chi connectivity index (χ0v) is 11.6. The summed E-state index contributed by atoms with van der Waals surface area (Å²) in [7, 11) is 1.49. The number of rotatable bonds is 5. The van der Waals surface area contributed by atoms with Crippen molar-refractivity contribution in [3.8, 4) is 5.75 Å². The van der Waals surface area contributed by atoms with Crippen LogP contribution in [0.4, 0.5) is 5.69 Å². The van der Waals surface area contributed by atoms with Crippen molar-refractivity contribution in [2.24, 2.45) is 0 Å². The Bertz CT molecular complexity index is 608. The van der Waals surface area contributed by atoms with Crippen molar-refractivity contribution in [2.75, 3.05) is 19.0 Å². The highest BCUT2D eigenvalue weighted by Crippen LogP contribution is 2.22. The number of benzene rings is 1. The molecule has 1 heterocycles.